The summed E-state index contributed by atoms with van der Waals surface area (Å²) in [5, 5.41) is 3.28. The van der Waals surface area contributed by atoms with Crippen molar-refractivity contribution in [1.29, 1.82) is 0 Å². The minimum atomic E-state index is -0.133. The van der Waals surface area contributed by atoms with Gasteiger partial charge in [0.1, 0.15) is 0 Å². The summed E-state index contributed by atoms with van der Waals surface area (Å²) in [7, 11) is 4.62. The molecular formula is C18H15NO4. The number of methoxy groups -OCH3 is 3. The Bertz CT molecular complexity index is 1100. The van der Waals surface area contributed by atoms with Crippen LogP contribution in [-0.4, -0.2) is 25.7 Å². The van der Waals surface area contributed by atoms with Gasteiger partial charge < -0.3 is 14.2 Å². The molecule has 116 valence electrons. The fourth-order valence-electron chi connectivity index (χ4n) is 3.28. The van der Waals surface area contributed by atoms with Gasteiger partial charge in [0, 0.05) is 22.4 Å². The minimum absolute atomic E-state index is 0.133. The fourth-order valence-corrected chi connectivity index (χ4v) is 3.28. The summed E-state index contributed by atoms with van der Waals surface area (Å²) in [6, 6.07) is 9.73. The molecule has 0 saturated carbocycles. The van der Waals surface area contributed by atoms with E-state index in [9.17, 15) is 4.79 Å². The zero-order valence-corrected chi connectivity index (χ0v) is 13.0. The number of para-hydroxylation sites is 1. The highest BCUT2D eigenvalue weighted by Gasteiger charge is 2.22. The Kier molecular flexibility index (Phi) is 2.84. The van der Waals surface area contributed by atoms with Crippen LogP contribution in [0.25, 0.3) is 27.1 Å². The topological polar surface area (TPSA) is 49.2 Å². The van der Waals surface area contributed by atoms with Gasteiger partial charge >= 0.3 is 0 Å². The second-order valence-corrected chi connectivity index (χ2v) is 5.30. The van der Waals surface area contributed by atoms with Gasteiger partial charge in [-0.25, -0.2) is 0 Å². The molecule has 23 heavy (non-hydrogen) atoms. The first-order valence-corrected chi connectivity index (χ1v) is 7.19. The molecule has 0 unspecified atom stereocenters. The summed E-state index contributed by atoms with van der Waals surface area (Å²) in [6.07, 6.45) is 1.79. The van der Waals surface area contributed by atoms with Crippen LogP contribution in [0.5, 0.6) is 17.2 Å². The van der Waals surface area contributed by atoms with E-state index in [-0.39, 0.29) is 5.56 Å². The summed E-state index contributed by atoms with van der Waals surface area (Å²) < 4.78 is 18.0. The van der Waals surface area contributed by atoms with E-state index in [4.69, 9.17) is 14.2 Å². The van der Waals surface area contributed by atoms with E-state index < -0.39 is 0 Å². The van der Waals surface area contributed by atoms with Gasteiger partial charge in [0.25, 0.3) is 5.56 Å². The summed E-state index contributed by atoms with van der Waals surface area (Å²) in [6.45, 7) is 0. The van der Waals surface area contributed by atoms with Crippen LogP contribution in [-0.2, 0) is 0 Å². The maximum absolute atomic E-state index is 13.0. The molecule has 0 bridgehead atoms. The Morgan fingerprint density at radius 2 is 1.70 bits per heavy atom. The van der Waals surface area contributed by atoms with Crippen molar-refractivity contribution >= 4 is 27.1 Å². The van der Waals surface area contributed by atoms with Crippen molar-refractivity contribution in [3.63, 3.8) is 0 Å². The highest BCUT2D eigenvalue weighted by Crippen LogP contribution is 2.44. The van der Waals surface area contributed by atoms with E-state index in [1.54, 1.807) is 17.7 Å². The number of rotatable bonds is 3. The first-order valence-electron chi connectivity index (χ1n) is 7.19. The number of benzene rings is 2. The molecular weight excluding hydrogens is 294 g/mol. The second kappa shape index (κ2) is 4.78. The van der Waals surface area contributed by atoms with Gasteiger partial charge in [0.05, 0.1) is 32.2 Å². The molecule has 0 aliphatic carbocycles. The number of aromatic nitrogens is 1. The predicted octanol–water partition coefficient (Wildman–Crippen LogP) is 3.07. The number of ether oxygens (including phenoxy) is 3. The van der Waals surface area contributed by atoms with Crippen LogP contribution >= 0.6 is 0 Å². The molecule has 0 fully saturated rings. The van der Waals surface area contributed by atoms with Crippen molar-refractivity contribution in [3.8, 4) is 17.2 Å². The zero-order chi connectivity index (χ0) is 16.1. The van der Waals surface area contributed by atoms with E-state index >= 15 is 0 Å². The molecule has 5 heteroatoms. The van der Waals surface area contributed by atoms with Crippen LogP contribution in [0.4, 0.5) is 0 Å². The lowest BCUT2D eigenvalue weighted by Crippen LogP contribution is -2.13. The Morgan fingerprint density at radius 1 is 0.913 bits per heavy atom. The maximum Gasteiger partial charge on any atom is 0.266 e. The van der Waals surface area contributed by atoms with Crippen molar-refractivity contribution in [3.05, 3.63) is 46.9 Å². The molecule has 4 rings (SSSR count). The molecule has 2 heterocycles. The maximum atomic E-state index is 13.0. The number of hydrogen-bond donors (Lipinski definition) is 0. The van der Waals surface area contributed by atoms with E-state index in [1.807, 2.05) is 30.3 Å². The highest BCUT2D eigenvalue weighted by molar-refractivity contribution is 6.14. The fraction of sp³-hybridized carbons (Fsp3) is 0.167. The Hall–Kier alpha value is -2.95. The van der Waals surface area contributed by atoms with Crippen LogP contribution < -0.4 is 19.8 Å². The van der Waals surface area contributed by atoms with Crippen molar-refractivity contribution in [2.75, 3.05) is 21.3 Å². The lowest BCUT2D eigenvalue weighted by Gasteiger charge is -2.15. The predicted molar refractivity (Wildman–Crippen MR) is 89.5 cm³/mol. The Labute approximate surface area is 131 Å². The smallest absolute Gasteiger partial charge is 0.266 e. The van der Waals surface area contributed by atoms with Crippen molar-refractivity contribution in [2.24, 2.45) is 0 Å². The summed E-state index contributed by atoms with van der Waals surface area (Å²) in [5.74, 6) is 1.35. The molecule has 4 aromatic rings. The lowest BCUT2D eigenvalue weighted by molar-refractivity contribution is 0.327. The molecule has 0 N–H and O–H groups in total. The third-order valence-electron chi connectivity index (χ3n) is 4.26. The van der Waals surface area contributed by atoms with Gasteiger partial charge in [-0.2, -0.15) is 0 Å². The van der Waals surface area contributed by atoms with Gasteiger partial charge in [-0.05, 0) is 12.1 Å². The van der Waals surface area contributed by atoms with Crippen LogP contribution in [0.2, 0.25) is 0 Å². The quantitative estimate of drug-likeness (QED) is 0.546. The standard InChI is InChI=1S/C18H15NO4/c1-21-13-9-12-11-6-4-5-10-7-8-19(15(10)11)18(20)14(12)17(23-3)16(13)22-2/h4-9H,1-3H3. The largest absolute Gasteiger partial charge is 0.493 e. The van der Waals surface area contributed by atoms with Crippen molar-refractivity contribution < 1.29 is 14.2 Å². The Balaban J connectivity index is 2.37. The summed E-state index contributed by atoms with van der Waals surface area (Å²) >= 11 is 0. The van der Waals surface area contributed by atoms with Crippen LogP contribution in [0, 0.1) is 0 Å². The first kappa shape index (κ1) is 13.7. The van der Waals surface area contributed by atoms with Gasteiger partial charge in [0.15, 0.2) is 11.5 Å². The molecule has 0 saturated heterocycles. The van der Waals surface area contributed by atoms with Crippen molar-refractivity contribution in [1.82, 2.24) is 4.40 Å². The average molecular weight is 309 g/mol. The van der Waals surface area contributed by atoms with E-state index in [0.717, 1.165) is 21.7 Å². The Morgan fingerprint density at radius 3 is 2.39 bits per heavy atom. The molecule has 0 amide bonds. The third-order valence-corrected chi connectivity index (χ3v) is 4.26. The number of pyridine rings is 1. The van der Waals surface area contributed by atoms with E-state index in [1.165, 1.54) is 14.2 Å². The zero-order valence-electron chi connectivity index (χ0n) is 13.0. The molecule has 0 radical (unpaired) electrons. The van der Waals surface area contributed by atoms with Gasteiger partial charge in [-0.3, -0.25) is 9.20 Å². The molecule has 0 spiro atoms. The number of hydrogen-bond acceptors (Lipinski definition) is 4. The lowest BCUT2D eigenvalue weighted by atomic mass is 10.0. The van der Waals surface area contributed by atoms with Crippen LogP contribution in [0.1, 0.15) is 0 Å². The molecule has 2 aromatic carbocycles. The van der Waals surface area contributed by atoms with E-state index in [2.05, 4.69) is 0 Å². The van der Waals surface area contributed by atoms with Crippen LogP contribution in [0.15, 0.2) is 41.3 Å². The SMILES string of the molecule is COc1cc2c(c(OC)c1OC)c(=O)n1ccc3cccc2c31. The average Bonchev–Trinajstić information content (AvgIpc) is 3.02. The minimum Gasteiger partial charge on any atom is -0.493 e. The molecule has 0 aliphatic rings. The first-order chi connectivity index (χ1) is 11.2. The van der Waals surface area contributed by atoms with Crippen molar-refractivity contribution in [2.45, 2.75) is 0 Å². The highest BCUT2D eigenvalue weighted by atomic mass is 16.5. The number of fused-ring (bicyclic) bond motifs is 2. The third kappa shape index (κ3) is 1.64. The molecule has 2 aromatic heterocycles. The monoisotopic (exact) mass is 309 g/mol. The van der Waals surface area contributed by atoms with E-state index in [0.29, 0.717) is 22.6 Å². The summed E-state index contributed by atoms with van der Waals surface area (Å²) in [4.78, 5) is 13.0. The molecule has 0 atom stereocenters. The van der Waals surface area contributed by atoms with Gasteiger partial charge in [-0.15, -0.1) is 0 Å². The molecule has 0 aliphatic heterocycles. The summed E-state index contributed by atoms with van der Waals surface area (Å²) in [5.41, 5.74) is 0.769. The molecule has 5 nitrogen and oxygen atoms in total. The number of nitrogens with zero attached hydrogens (tertiary/aromatic N) is 1. The van der Waals surface area contributed by atoms with Gasteiger partial charge in [-0.1, -0.05) is 18.2 Å². The van der Waals surface area contributed by atoms with Gasteiger partial charge in [0.2, 0.25) is 5.75 Å². The second-order valence-electron chi connectivity index (χ2n) is 5.30. The van der Waals surface area contributed by atoms with Crippen LogP contribution in [0.3, 0.4) is 0 Å². The normalized spacial score (nSPS) is 11.4.